The topological polar surface area (TPSA) is 97.5 Å². The number of hydrogen-bond acceptors (Lipinski definition) is 5. The highest BCUT2D eigenvalue weighted by Crippen LogP contribution is 2.28. The number of methoxy groups -OCH3 is 2. The summed E-state index contributed by atoms with van der Waals surface area (Å²) >= 11 is 6.31. The second kappa shape index (κ2) is 10.3. The standard InChI is InChI=1S/C23H25ClN2O5/c1-30-17-9-7-8-14-20(17)26-21-15(11-12-16(24)19(21)22(14)28)23(29)25-13-6-4-3-5-10-18(27)31-2/h7-9,11-12H,3-6,10,13H2,1-2H3,(H,25,29)(H,26,28). The molecule has 7 nitrogen and oxygen atoms in total. The van der Waals surface area contributed by atoms with E-state index in [2.05, 4.69) is 15.0 Å². The van der Waals surface area contributed by atoms with E-state index in [9.17, 15) is 14.4 Å². The number of hydrogen-bond donors (Lipinski definition) is 2. The van der Waals surface area contributed by atoms with Gasteiger partial charge in [-0.15, -0.1) is 0 Å². The van der Waals surface area contributed by atoms with Crippen LogP contribution in [0.1, 0.15) is 42.5 Å². The first-order valence-electron chi connectivity index (χ1n) is 10.1. The van der Waals surface area contributed by atoms with Gasteiger partial charge in [0.15, 0.2) is 5.43 Å². The van der Waals surface area contributed by atoms with Gasteiger partial charge in [0.05, 0.1) is 41.2 Å². The smallest absolute Gasteiger partial charge is 0.305 e. The molecule has 164 valence electrons. The van der Waals surface area contributed by atoms with Crippen molar-refractivity contribution in [3.05, 3.63) is 51.1 Å². The van der Waals surface area contributed by atoms with Crippen LogP contribution in [0, 0.1) is 0 Å². The first kappa shape index (κ1) is 22.6. The minimum atomic E-state index is -0.291. The molecule has 2 aromatic carbocycles. The van der Waals surface area contributed by atoms with Crippen LogP contribution in [0.3, 0.4) is 0 Å². The lowest BCUT2D eigenvalue weighted by Gasteiger charge is -2.12. The third kappa shape index (κ3) is 4.99. The summed E-state index contributed by atoms with van der Waals surface area (Å²) in [5.74, 6) is 0.0111. The lowest BCUT2D eigenvalue weighted by Crippen LogP contribution is -2.25. The average molecular weight is 445 g/mol. The van der Waals surface area contributed by atoms with Gasteiger partial charge in [0.1, 0.15) is 5.75 Å². The number of ether oxygens (including phenoxy) is 2. The zero-order chi connectivity index (χ0) is 22.4. The molecule has 1 amide bonds. The van der Waals surface area contributed by atoms with Crippen LogP contribution in [0.25, 0.3) is 21.8 Å². The molecule has 0 spiro atoms. The predicted octanol–water partition coefficient (Wildman–Crippen LogP) is 4.20. The van der Waals surface area contributed by atoms with Crippen molar-refractivity contribution in [2.45, 2.75) is 32.1 Å². The van der Waals surface area contributed by atoms with Gasteiger partial charge in [-0.3, -0.25) is 14.4 Å². The quantitative estimate of drug-likeness (QED) is 0.293. The Labute approximate surface area is 184 Å². The number of benzene rings is 2. The Morgan fingerprint density at radius 2 is 1.81 bits per heavy atom. The molecule has 0 aliphatic heterocycles. The number of aromatic amines is 1. The highest BCUT2D eigenvalue weighted by atomic mass is 35.5. The van der Waals surface area contributed by atoms with E-state index in [1.807, 2.05) is 0 Å². The van der Waals surface area contributed by atoms with Crippen LogP contribution in [0.15, 0.2) is 35.1 Å². The highest BCUT2D eigenvalue weighted by molar-refractivity contribution is 6.36. The number of carbonyl (C=O) groups excluding carboxylic acids is 2. The summed E-state index contributed by atoms with van der Waals surface area (Å²) in [6, 6.07) is 8.34. The first-order valence-corrected chi connectivity index (χ1v) is 10.5. The molecule has 31 heavy (non-hydrogen) atoms. The largest absolute Gasteiger partial charge is 0.495 e. The van der Waals surface area contributed by atoms with E-state index < -0.39 is 0 Å². The van der Waals surface area contributed by atoms with Crippen molar-refractivity contribution in [1.29, 1.82) is 0 Å². The van der Waals surface area contributed by atoms with Crippen molar-refractivity contribution in [2.24, 2.45) is 0 Å². The van der Waals surface area contributed by atoms with Gasteiger partial charge in [0, 0.05) is 18.4 Å². The molecule has 0 aliphatic carbocycles. The normalized spacial score (nSPS) is 10.9. The van der Waals surface area contributed by atoms with Gasteiger partial charge in [-0.25, -0.2) is 0 Å². The maximum atomic E-state index is 13.1. The Morgan fingerprint density at radius 1 is 1.03 bits per heavy atom. The predicted molar refractivity (Wildman–Crippen MR) is 121 cm³/mol. The van der Waals surface area contributed by atoms with Gasteiger partial charge in [-0.1, -0.05) is 30.5 Å². The molecule has 1 aromatic heterocycles. The van der Waals surface area contributed by atoms with E-state index in [-0.39, 0.29) is 27.7 Å². The molecule has 0 saturated heterocycles. The Balaban J connectivity index is 1.77. The lowest BCUT2D eigenvalue weighted by molar-refractivity contribution is -0.140. The number of halogens is 1. The average Bonchev–Trinajstić information content (AvgIpc) is 2.77. The Bertz CT molecular complexity index is 1170. The number of rotatable bonds is 9. The van der Waals surface area contributed by atoms with E-state index >= 15 is 0 Å². The van der Waals surface area contributed by atoms with Crippen molar-refractivity contribution in [3.8, 4) is 5.75 Å². The summed E-state index contributed by atoms with van der Waals surface area (Å²) in [6.45, 7) is 0.488. The SMILES string of the molecule is COC(=O)CCCCCCNC(=O)c1ccc(Cl)c2c(=O)c3cccc(OC)c3[nH]c12. The van der Waals surface area contributed by atoms with E-state index in [0.29, 0.717) is 40.7 Å². The molecule has 0 saturated carbocycles. The fourth-order valence-electron chi connectivity index (χ4n) is 3.54. The molecule has 3 aromatic rings. The van der Waals surface area contributed by atoms with Gasteiger partial charge < -0.3 is 19.8 Å². The molecule has 0 fully saturated rings. The van der Waals surface area contributed by atoms with Crippen LogP contribution in [0.2, 0.25) is 5.02 Å². The van der Waals surface area contributed by atoms with Crippen LogP contribution >= 0.6 is 11.6 Å². The number of amides is 1. The highest BCUT2D eigenvalue weighted by Gasteiger charge is 2.17. The Kier molecular flexibility index (Phi) is 7.52. The van der Waals surface area contributed by atoms with E-state index in [1.54, 1.807) is 30.3 Å². The first-order chi connectivity index (χ1) is 15.0. The summed E-state index contributed by atoms with van der Waals surface area (Å²) in [5, 5.41) is 3.89. The zero-order valence-corrected chi connectivity index (χ0v) is 18.3. The Morgan fingerprint density at radius 3 is 2.55 bits per heavy atom. The van der Waals surface area contributed by atoms with Gasteiger partial charge in [0.25, 0.3) is 5.91 Å². The molecule has 0 bridgehead atoms. The van der Waals surface area contributed by atoms with E-state index in [1.165, 1.54) is 14.2 Å². The number of esters is 1. The molecule has 8 heteroatoms. The van der Waals surface area contributed by atoms with Gasteiger partial charge in [-0.05, 0) is 37.1 Å². The molecular weight excluding hydrogens is 420 g/mol. The third-order valence-corrected chi connectivity index (χ3v) is 5.50. The fraction of sp³-hybridized carbons (Fsp3) is 0.348. The van der Waals surface area contributed by atoms with Crippen LogP contribution < -0.4 is 15.5 Å². The maximum Gasteiger partial charge on any atom is 0.305 e. The van der Waals surface area contributed by atoms with Crippen LogP contribution in [0.5, 0.6) is 5.75 Å². The number of pyridine rings is 1. The van der Waals surface area contributed by atoms with Crippen molar-refractivity contribution in [2.75, 3.05) is 20.8 Å². The zero-order valence-electron chi connectivity index (χ0n) is 17.5. The molecule has 0 atom stereocenters. The van der Waals surface area contributed by atoms with Crippen molar-refractivity contribution < 1.29 is 19.1 Å². The van der Waals surface area contributed by atoms with E-state index in [0.717, 1.165) is 25.7 Å². The molecule has 3 rings (SSSR count). The number of aromatic nitrogens is 1. The summed E-state index contributed by atoms with van der Waals surface area (Å²) in [5.41, 5.74) is 0.984. The number of H-pyrrole nitrogens is 1. The number of nitrogens with one attached hydrogen (secondary N) is 2. The second-order valence-electron chi connectivity index (χ2n) is 7.18. The van der Waals surface area contributed by atoms with Crippen LogP contribution in [-0.4, -0.2) is 37.6 Å². The molecule has 2 N–H and O–H groups in total. The molecular formula is C23H25ClN2O5. The maximum absolute atomic E-state index is 13.1. The number of unbranched alkanes of at least 4 members (excludes halogenated alkanes) is 3. The summed E-state index contributed by atoms with van der Waals surface area (Å²) in [4.78, 5) is 40.2. The van der Waals surface area contributed by atoms with Crippen molar-refractivity contribution in [1.82, 2.24) is 10.3 Å². The monoisotopic (exact) mass is 444 g/mol. The van der Waals surface area contributed by atoms with Gasteiger partial charge in [0.2, 0.25) is 0 Å². The van der Waals surface area contributed by atoms with Crippen molar-refractivity contribution in [3.63, 3.8) is 0 Å². The molecule has 1 heterocycles. The molecule has 0 radical (unpaired) electrons. The van der Waals surface area contributed by atoms with Gasteiger partial charge >= 0.3 is 5.97 Å². The number of para-hydroxylation sites is 1. The third-order valence-electron chi connectivity index (χ3n) is 5.19. The summed E-state index contributed by atoms with van der Waals surface area (Å²) in [6.07, 6.45) is 3.72. The molecule has 0 aliphatic rings. The van der Waals surface area contributed by atoms with Crippen molar-refractivity contribution >= 4 is 45.3 Å². The van der Waals surface area contributed by atoms with E-state index in [4.69, 9.17) is 16.3 Å². The molecule has 0 unspecified atom stereocenters. The second-order valence-corrected chi connectivity index (χ2v) is 7.59. The fourth-order valence-corrected chi connectivity index (χ4v) is 3.79. The van der Waals surface area contributed by atoms with Crippen LogP contribution in [-0.2, 0) is 9.53 Å². The minimum absolute atomic E-state index is 0.207. The van der Waals surface area contributed by atoms with Gasteiger partial charge in [-0.2, -0.15) is 0 Å². The number of fused-ring (bicyclic) bond motifs is 2. The summed E-state index contributed by atoms with van der Waals surface area (Å²) < 4.78 is 9.98. The summed E-state index contributed by atoms with van der Waals surface area (Å²) in [7, 11) is 2.90. The number of carbonyl (C=O) groups is 2. The van der Waals surface area contributed by atoms with Crippen LogP contribution in [0.4, 0.5) is 0 Å². The lowest BCUT2D eigenvalue weighted by atomic mass is 10.0. The minimum Gasteiger partial charge on any atom is -0.495 e. The Hall–Kier alpha value is -3.06.